The van der Waals surface area contributed by atoms with Crippen molar-refractivity contribution in [1.29, 1.82) is 0 Å². The first-order valence-electron chi connectivity index (χ1n) is 11.1. The van der Waals surface area contributed by atoms with Crippen LogP contribution in [0.25, 0.3) is 11.0 Å². The molecule has 0 saturated carbocycles. The van der Waals surface area contributed by atoms with Gasteiger partial charge in [-0.2, -0.15) is 0 Å². The first kappa shape index (κ1) is 23.1. The van der Waals surface area contributed by atoms with Crippen LogP contribution in [0.1, 0.15) is 48.4 Å². The average Bonchev–Trinajstić information content (AvgIpc) is 3.22. The topological polar surface area (TPSA) is 77.8 Å². The summed E-state index contributed by atoms with van der Waals surface area (Å²) in [5, 5.41) is 3.49. The molecule has 4 rings (SSSR count). The summed E-state index contributed by atoms with van der Waals surface area (Å²) in [7, 11) is 1.56. The van der Waals surface area contributed by atoms with Crippen LogP contribution >= 0.6 is 0 Å². The number of furan rings is 1. The van der Waals surface area contributed by atoms with Crippen LogP contribution in [-0.4, -0.2) is 24.9 Å². The van der Waals surface area contributed by atoms with E-state index in [0.717, 1.165) is 0 Å². The van der Waals surface area contributed by atoms with Gasteiger partial charge >= 0.3 is 0 Å². The lowest BCUT2D eigenvalue weighted by molar-refractivity contribution is -0.122. The molecule has 0 bridgehead atoms. The van der Waals surface area contributed by atoms with Gasteiger partial charge in [0.05, 0.1) is 12.8 Å². The van der Waals surface area contributed by atoms with Crippen molar-refractivity contribution in [2.24, 2.45) is 0 Å². The molecular weight excluding hydrogens is 430 g/mol. The second kappa shape index (κ2) is 9.83. The molecule has 0 fully saturated rings. The van der Waals surface area contributed by atoms with E-state index in [1.165, 1.54) is 5.56 Å². The molecule has 4 aromatic rings. The quantitative estimate of drug-likeness (QED) is 0.319. The summed E-state index contributed by atoms with van der Waals surface area (Å²) in [5.41, 5.74) is 2.44. The number of carbonyl (C=O) groups excluding carboxylic acids is 2. The molecular formula is C28H27NO5. The zero-order chi connectivity index (χ0) is 24.2. The third-order valence-electron chi connectivity index (χ3n) is 5.63. The van der Waals surface area contributed by atoms with Crippen molar-refractivity contribution < 1.29 is 23.5 Å². The Morgan fingerprint density at radius 1 is 0.853 bits per heavy atom. The lowest BCUT2D eigenvalue weighted by Gasteiger charge is -2.15. The third-order valence-corrected chi connectivity index (χ3v) is 5.63. The number of hydrogen-bond acceptors (Lipinski definition) is 5. The number of fused-ring (bicyclic) bond motifs is 1. The largest absolute Gasteiger partial charge is 0.497 e. The fourth-order valence-electron chi connectivity index (χ4n) is 3.62. The summed E-state index contributed by atoms with van der Waals surface area (Å²) < 4.78 is 16.9. The first-order valence-corrected chi connectivity index (χ1v) is 11.1. The van der Waals surface area contributed by atoms with E-state index in [2.05, 4.69) is 19.2 Å². The predicted octanol–water partition coefficient (Wildman–Crippen LogP) is 6.20. The monoisotopic (exact) mass is 457 g/mol. The number of benzene rings is 3. The maximum Gasteiger partial charge on any atom is 0.265 e. The van der Waals surface area contributed by atoms with Gasteiger partial charge in [-0.3, -0.25) is 9.59 Å². The van der Waals surface area contributed by atoms with E-state index in [0.29, 0.717) is 39.6 Å². The van der Waals surface area contributed by atoms with Crippen molar-refractivity contribution in [3.05, 3.63) is 89.7 Å². The van der Waals surface area contributed by atoms with E-state index in [4.69, 9.17) is 13.9 Å². The molecule has 6 nitrogen and oxygen atoms in total. The van der Waals surface area contributed by atoms with Gasteiger partial charge in [-0.05, 0) is 66.9 Å². The van der Waals surface area contributed by atoms with Gasteiger partial charge in [0.1, 0.15) is 17.1 Å². The molecule has 0 aliphatic carbocycles. The van der Waals surface area contributed by atoms with Gasteiger partial charge in [0, 0.05) is 10.9 Å². The van der Waals surface area contributed by atoms with Crippen molar-refractivity contribution in [3.63, 3.8) is 0 Å². The molecule has 0 aliphatic rings. The Balaban J connectivity index is 1.59. The summed E-state index contributed by atoms with van der Waals surface area (Å²) in [5.74, 6) is 0.981. The van der Waals surface area contributed by atoms with Crippen molar-refractivity contribution in [3.8, 4) is 11.5 Å². The molecule has 1 heterocycles. The van der Waals surface area contributed by atoms with E-state index in [1.807, 2.05) is 36.4 Å². The normalized spacial score (nSPS) is 11.9. The molecule has 34 heavy (non-hydrogen) atoms. The Morgan fingerprint density at radius 2 is 1.50 bits per heavy atom. The van der Waals surface area contributed by atoms with Crippen LogP contribution in [0, 0.1) is 0 Å². The number of para-hydroxylation sites is 1. The molecule has 6 heteroatoms. The maximum atomic E-state index is 13.2. The predicted molar refractivity (Wildman–Crippen MR) is 132 cm³/mol. The van der Waals surface area contributed by atoms with Crippen LogP contribution in [0.3, 0.4) is 0 Å². The van der Waals surface area contributed by atoms with Crippen molar-refractivity contribution in [2.75, 3.05) is 12.4 Å². The minimum atomic E-state index is -0.789. The number of ketones is 1. The first-order chi connectivity index (χ1) is 16.4. The second-order valence-electron chi connectivity index (χ2n) is 8.33. The van der Waals surface area contributed by atoms with Gasteiger partial charge in [-0.25, -0.2) is 0 Å². The van der Waals surface area contributed by atoms with Crippen molar-refractivity contribution >= 4 is 28.3 Å². The second-order valence-corrected chi connectivity index (χ2v) is 8.33. The number of anilines is 1. The number of carbonyl (C=O) groups is 2. The fourth-order valence-corrected chi connectivity index (χ4v) is 3.62. The van der Waals surface area contributed by atoms with Crippen molar-refractivity contribution in [1.82, 2.24) is 0 Å². The van der Waals surface area contributed by atoms with Crippen LogP contribution in [-0.2, 0) is 4.79 Å². The molecule has 3 aromatic carbocycles. The lowest BCUT2D eigenvalue weighted by Crippen LogP contribution is -2.30. The highest BCUT2D eigenvalue weighted by atomic mass is 16.5. The Kier molecular flexibility index (Phi) is 6.68. The fraction of sp³-hybridized carbons (Fsp3) is 0.214. The summed E-state index contributed by atoms with van der Waals surface area (Å²) in [6, 6.07) is 21.6. The number of methoxy groups -OCH3 is 1. The minimum absolute atomic E-state index is 0.0632. The Bertz CT molecular complexity index is 1300. The highest BCUT2D eigenvalue weighted by molar-refractivity contribution is 6.17. The molecule has 1 unspecified atom stereocenters. The zero-order valence-corrected chi connectivity index (χ0v) is 19.6. The third kappa shape index (κ3) is 4.81. The van der Waals surface area contributed by atoms with E-state index in [-0.39, 0.29) is 17.5 Å². The molecule has 1 N–H and O–H groups in total. The number of amides is 1. The van der Waals surface area contributed by atoms with E-state index < -0.39 is 6.10 Å². The van der Waals surface area contributed by atoms with Gasteiger partial charge < -0.3 is 19.2 Å². The summed E-state index contributed by atoms with van der Waals surface area (Å²) >= 11 is 0. The Hall–Kier alpha value is -4.06. The van der Waals surface area contributed by atoms with Gasteiger partial charge in [-0.1, -0.05) is 38.1 Å². The highest BCUT2D eigenvalue weighted by Gasteiger charge is 2.25. The van der Waals surface area contributed by atoms with Crippen LogP contribution in [0.15, 0.2) is 77.2 Å². The number of ether oxygens (including phenoxy) is 2. The molecule has 0 saturated heterocycles. The number of rotatable bonds is 8. The molecule has 1 atom stereocenters. The number of nitrogens with one attached hydrogen (secondary N) is 1. The smallest absolute Gasteiger partial charge is 0.265 e. The van der Waals surface area contributed by atoms with E-state index >= 15 is 0 Å². The molecule has 1 amide bonds. The van der Waals surface area contributed by atoms with Gasteiger partial charge in [0.25, 0.3) is 5.91 Å². The van der Waals surface area contributed by atoms with E-state index in [9.17, 15) is 9.59 Å². The minimum Gasteiger partial charge on any atom is -0.497 e. The lowest BCUT2D eigenvalue weighted by atomic mass is 10.0. The van der Waals surface area contributed by atoms with Crippen molar-refractivity contribution in [2.45, 2.75) is 32.8 Å². The molecule has 0 aliphatic heterocycles. The van der Waals surface area contributed by atoms with Crippen LogP contribution < -0.4 is 14.8 Å². The summed E-state index contributed by atoms with van der Waals surface area (Å²) in [6.07, 6.45) is -0.789. The van der Waals surface area contributed by atoms with Gasteiger partial charge in [0.2, 0.25) is 5.78 Å². The number of hydrogen-bond donors (Lipinski definition) is 1. The molecule has 0 spiro atoms. The summed E-state index contributed by atoms with van der Waals surface area (Å²) in [6.45, 7) is 5.90. The molecule has 1 aromatic heterocycles. The maximum absolute atomic E-state index is 13.2. The standard InChI is InChI=1S/C28H27NO5/c1-17(2)19-9-15-22(16-10-19)33-18(3)28(31)29-25-23-7-5-6-8-24(23)34-27(25)26(30)20-11-13-21(32-4)14-12-20/h5-18H,1-4H3,(H,29,31). The van der Waals surface area contributed by atoms with Gasteiger partial charge in [-0.15, -0.1) is 0 Å². The zero-order valence-electron chi connectivity index (χ0n) is 19.6. The summed E-state index contributed by atoms with van der Waals surface area (Å²) in [4.78, 5) is 26.3. The van der Waals surface area contributed by atoms with Crippen LogP contribution in [0.4, 0.5) is 5.69 Å². The van der Waals surface area contributed by atoms with Crippen LogP contribution in [0.5, 0.6) is 11.5 Å². The average molecular weight is 458 g/mol. The Morgan fingerprint density at radius 3 is 2.15 bits per heavy atom. The Labute approximate surface area is 198 Å². The highest BCUT2D eigenvalue weighted by Crippen LogP contribution is 2.33. The molecule has 174 valence electrons. The van der Waals surface area contributed by atoms with Crippen LogP contribution in [0.2, 0.25) is 0 Å². The van der Waals surface area contributed by atoms with E-state index in [1.54, 1.807) is 50.4 Å². The van der Waals surface area contributed by atoms with Gasteiger partial charge in [0.15, 0.2) is 11.9 Å². The SMILES string of the molecule is COc1ccc(C(=O)c2oc3ccccc3c2NC(=O)C(C)Oc2ccc(C(C)C)cc2)cc1. The molecule has 0 radical (unpaired) electrons.